The van der Waals surface area contributed by atoms with Gasteiger partial charge in [0.2, 0.25) is 0 Å². The van der Waals surface area contributed by atoms with Crippen LogP contribution in [0.4, 0.5) is 0 Å². The summed E-state index contributed by atoms with van der Waals surface area (Å²) in [5.74, 6) is 0.651. The number of rotatable bonds is 12. The van der Waals surface area contributed by atoms with E-state index in [1.54, 1.807) is 0 Å². The molecule has 4 atom stereocenters. The van der Waals surface area contributed by atoms with Crippen molar-refractivity contribution in [2.75, 3.05) is 6.61 Å². The molecule has 1 saturated carbocycles. The largest absolute Gasteiger partial charge is 0.481 e. The molecule has 4 heteroatoms. The van der Waals surface area contributed by atoms with Crippen LogP contribution in [0.15, 0.2) is 23.8 Å². The Bertz CT molecular complexity index is 483. The van der Waals surface area contributed by atoms with Crippen molar-refractivity contribution >= 4 is 5.97 Å². The van der Waals surface area contributed by atoms with Crippen LogP contribution in [0.1, 0.15) is 77.0 Å². The molecule has 148 valence electrons. The van der Waals surface area contributed by atoms with Crippen LogP contribution >= 0.6 is 0 Å². The van der Waals surface area contributed by atoms with Gasteiger partial charge in [-0.05, 0) is 69.6 Å². The third-order valence-corrected chi connectivity index (χ3v) is 6.03. The van der Waals surface area contributed by atoms with E-state index in [9.17, 15) is 9.90 Å². The Balaban J connectivity index is 1.73. The molecular weight excluding hydrogens is 328 g/mol. The minimum absolute atomic E-state index is 0.224. The first-order valence-electron chi connectivity index (χ1n) is 10.5. The highest BCUT2D eigenvalue weighted by Crippen LogP contribution is 2.46. The SMILES string of the molecule is O=C(O)CCCCC1=C[C@@H]2C[C@H](O)[C@@H](C=CCCCCCCO)[C@H]2CC1. The maximum atomic E-state index is 10.6. The summed E-state index contributed by atoms with van der Waals surface area (Å²) in [6.07, 6.45) is 18.2. The summed E-state index contributed by atoms with van der Waals surface area (Å²) in [5.41, 5.74) is 1.47. The molecule has 2 aliphatic carbocycles. The van der Waals surface area contributed by atoms with E-state index >= 15 is 0 Å². The van der Waals surface area contributed by atoms with Crippen LogP contribution in [0, 0.1) is 17.8 Å². The van der Waals surface area contributed by atoms with Crippen molar-refractivity contribution in [3.63, 3.8) is 0 Å². The van der Waals surface area contributed by atoms with E-state index in [0.717, 1.165) is 70.6 Å². The molecule has 0 saturated heterocycles. The maximum Gasteiger partial charge on any atom is 0.303 e. The van der Waals surface area contributed by atoms with Crippen LogP contribution in [0.25, 0.3) is 0 Å². The van der Waals surface area contributed by atoms with Crippen molar-refractivity contribution in [1.82, 2.24) is 0 Å². The number of aliphatic hydroxyl groups excluding tert-OH is 2. The number of carboxylic acids is 1. The molecule has 0 aromatic rings. The number of fused-ring (bicyclic) bond motifs is 1. The Morgan fingerprint density at radius 3 is 2.73 bits per heavy atom. The maximum absolute atomic E-state index is 10.6. The number of unbranched alkanes of at least 4 members (excludes halogenated alkanes) is 5. The Kier molecular flexibility index (Phi) is 9.41. The summed E-state index contributed by atoms with van der Waals surface area (Å²) in [7, 11) is 0. The number of hydrogen-bond donors (Lipinski definition) is 3. The minimum atomic E-state index is -0.704. The zero-order valence-electron chi connectivity index (χ0n) is 16.0. The van der Waals surface area contributed by atoms with Gasteiger partial charge in [0.05, 0.1) is 6.10 Å². The topological polar surface area (TPSA) is 77.8 Å². The molecule has 0 heterocycles. The van der Waals surface area contributed by atoms with Gasteiger partial charge in [0.15, 0.2) is 0 Å². The summed E-state index contributed by atoms with van der Waals surface area (Å²) < 4.78 is 0. The summed E-state index contributed by atoms with van der Waals surface area (Å²) in [6, 6.07) is 0. The van der Waals surface area contributed by atoms with Crippen LogP contribution in [0.3, 0.4) is 0 Å². The molecule has 2 aliphatic rings. The first-order valence-corrected chi connectivity index (χ1v) is 10.5. The van der Waals surface area contributed by atoms with Gasteiger partial charge in [-0.15, -0.1) is 0 Å². The van der Waals surface area contributed by atoms with Crippen molar-refractivity contribution in [1.29, 1.82) is 0 Å². The molecule has 4 nitrogen and oxygen atoms in total. The molecule has 0 radical (unpaired) electrons. The van der Waals surface area contributed by atoms with Gasteiger partial charge in [-0.3, -0.25) is 4.79 Å². The second kappa shape index (κ2) is 11.6. The van der Waals surface area contributed by atoms with Gasteiger partial charge in [0, 0.05) is 18.9 Å². The number of carbonyl (C=O) groups is 1. The van der Waals surface area contributed by atoms with Gasteiger partial charge in [-0.2, -0.15) is 0 Å². The summed E-state index contributed by atoms with van der Waals surface area (Å²) in [5, 5.41) is 28.0. The predicted molar refractivity (Wildman–Crippen MR) is 104 cm³/mol. The fourth-order valence-corrected chi connectivity index (χ4v) is 4.61. The lowest BCUT2D eigenvalue weighted by Gasteiger charge is -2.27. The Hall–Kier alpha value is -1.13. The molecule has 0 amide bonds. The highest BCUT2D eigenvalue weighted by atomic mass is 16.4. The fourth-order valence-electron chi connectivity index (χ4n) is 4.61. The molecule has 3 N–H and O–H groups in total. The van der Waals surface area contributed by atoms with Crippen molar-refractivity contribution < 1.29 is 20.1 Å². The predicted octanol–water partition coefficient (Wildman–Crippen LogP) is 4.46. The fraction of sp³-hybridized carbons (Fsp3) is 0.773. The average Bonchev–Trinajstić information content (AvgIpc) is 2.92. The highest BCUT2D eigenvalue weighted by molar-refractivity contribution is 5.66. The van der Waals surface area contributed by atoms with Gasteiger partial charge in [0.25, 0.3) is 0 Å². The van der Waals surface area contributed by atoms with Gasteiger partial charge in [-0.1, -0.05) is 36.6 Å². The van der Waals surface area contributed by atoms with Crippen LogP contribution in [0.5, 0.6) is 0 Å². The lowest BCUT2D eigenvalue weighted by Crippen LogP contribution is -2.20. The second-order valence-electron chi connectivity index (χ2n) is 8.03. The van der Waals surface area contributed by atoms with E-state index < -0.39 is 5.97 Å². The zero-order chi connectivity index (χ0) is 18.8. The summed E-state index contributed by atoms with van der Waals surface area (Å²) >= 11 is 0. The van der Waals surface area contributed by atoms with Crippen molar-refractivity contribution in [2.45, 2.75) is 83.2 Å². The first kappa shape index (κ1) is 21.2. The van der Waals surface area contributed by atoms with Crippen LogP contribution in [0.2, 0.25) is 0 Å². The smallest absolute Gasteiger partial charge is 0.303 e. The molecular formula is C22H36O4. The molecule has 0 aliphatic heterocycles. The van der Waals surface area contributed by atoms with Gasteiger partial charge in [0.1, 0.15) is 0 Å². The Morgan fingerprint density at radius 1 is 1.15 bits per heavy atom. The molecule has 0 spiro atoms. The van der Waals surface area contributed by atoms with E-state index in [2.05, 4.69) is 18.2 Å². The minimum Gasteiger partial charge on any atom is -0.481 e. The zero-order valence-corrected chi connectivity index (χ0v) is 16.0. The number of allylic oxidation sites excluding steroid dienone is 3. The molecule has 0 aromatic carbocycles. The lowest BCUT2D eigenvalue weighted by molar-refractivity contribution is -0.137. The Morgan fingerprint density at radius 2 is 1.96 bits per heavy atom. The first-order chi connectivity index (χ1) is 12.6. The number of aliphatic carboxylic acids is 1. The Labute approximate surface area is 158 Å². The highest BCUT2D eigenvalue weighted by Gasteiger charge is 2.41. The normalized spacial score (nSPS) is 28.3. The van der Waals surface area contributed by atoms with Gasteiger partial charge in [-0.25, -0.2) is 0 Å². The van der Waals surface area contributed by atoms with Crippen LogP contribution in [-0.2, 0) is 4.79 Å². The lowest BCUT2D eigenvalue weighted by atomic mass is 9.78. The third-order valence-electron chi connectivity index (χ3n) is 6.03. The standard InChI is InChI=1S/C22H36O4/c23-14-8-4-2-1-3-5-10-20-19-13-12-17(9-6-7-11-22(25)26)15-18(19)16-21(20)24/h5,10,15,18-21,23-24H,1-4,6-9,11-14,16H2,(H,25,26)/t18-,19+,20+,21+/m1/s1. The van der Waals surface area contributed by atoms with E-state index in [4.69, 9.17) is 10.2 Å². The van der Waals surface area contributed by atoms with E-state index in [1.165, 1.54) is 5.57 Å². The third kappa shape index (κ3) is 6.88. The molecule has 26 heavy (non-hydrogen) atoms. The number of carboxylic acid groups (broad SMARTS) is 1. The van der Waals surface area contributed by atoms with Gasteiger partial charge >= 0.3 is 5.97 Å². The molecule has 0 unspecified atom stereocenters. The molecule has 0 bridgehead atoms. The van der Waals surface area contributed by atoms with E-state index in [-0.39, 0.29) is 12.5 Å². The molecule has 0 aromatic heterocycles. The average molecular weight is 365 g/mol. The summed E-state index contributed by atoms with van der Waals surface area (Å²) in [4.78, 5) is 10.6. The van der Waals surface area contributed by atoms with Crippen molar-refractivity contribution in [3.05, 3.63) is 23.8 Å². The van der Waals surface area contributed by atoms with Crippen molar-refractivity contribution in [3.8, 4) is 0 Å². The number of hydrogen-bond acceptors (Lipinski definition) is 3. The van der Waals surface area contributed by atoms with Crippen LogP contribution in [-0.4, -0.2) is 34.0 Å². The number of aliphatic hydroxyl groups is 2. The van der Waals surface area contributed by atoms with E-state index in [1.807, 2.05) is 0 Å². The molecule has 1 fully saturated rings. The van der Waals surface area contributed by atoms with Crippen LogP contribution < -0.4 is 0 Å². The van der Waals surface area contributed by atoms with Crippen molar-refractivity contribution in [2.24, 2.45) is 17.8 Å². The quantitative estimate of drug-likeness (QED) is 0.353. The monoisotopic (exact) mass is 364 g/mol. The van der Waals surface area contributed by atoms with Gasteiger partial charge < -0.3 is 15.3 Å². The second-order valence-corrected chi connectivity index (χ2v) is 8.03. The van der Waals surface area contributed by atoms with E-state index in [0.29, 0.717) is 24.4 Å². The summed E-state index contributed by atoms with van der Waals surface area (Å²) in [6.45, 7) is 0.294. The molecule has 2 rings (SSSR count).